The Morgan fingerprint density at radius 3 is 2.29 bits per heavy atom. The van der Waals surface area contributed by atoms with Gasteiger partial charge in [-0.1, -0.05) is 36.8 Å². The molecule has 0 aliphatic heterocycles. The summed E-state index contributed by atoms with van der Waals surface area (Å²) in [5, 5.41) is 5.63. The van der Waals surface area contributed by atoms with Gasteiger partial charge in [0.15, 0.2) is 11.5 Å². The molecule has 6 nitrogen and oxygen atoms in total. The van der Waals surface area contributed by atoms with Gasteiger partial charge in [-0.15, -0.1) is 0 Å². The van der Waals surface area contributed by atoms with E-state index < -0.39 is 0 Å². The normalized spacial score (nSPS) is 14.5. The Hall–Kier alpha value is -3.02. The van der Waals surface area contributed by atoms with Crippen LogP contribution < -0.4 is 20.1 Å². The highest BCUT2D eigenvalue weighted by Crippen LogP contribution is 2.43. The summed E-state index contributed by atoms with van der Waals surface area (Å²) in [5.41, 5.74) is 1.69. The molecule has 28 heavy (non-hydrogen) atoms. The number of nitrogens with one attached hydrogen (secondary N) is 2. The largest absolute Gasteiger partial charge is 0.493 e. The van der Waals surface area contributed by atoms with Crippen molar-refractivity contribution in [2.75, 3.05) is 27.3 Å². The molecule has 0 spiro atoms. The van der Waals surface area contributed by atoms with Crippen molar-refractivity contribution in [1.29, 1.82) is 0 Å². The van der Waals surface area contributed by atoms with Crippen molar-refractivity contribution >= 4 is 11.8 Å². The fourth-order valence-corrected chi connectivity index (χ4v) is 3.53. The highest BCUT2D eigenvalue weighted by atomic mass is 16.5. The van der Waals surface area contributed by atoms with E-state index in [1.165, 1.54) is 26.2 Å². The molecule has 3 rings (SSSR count). The van der Waals surface area contributed by atoms with Gasteiger partial charge in [-0.25, -0.2) is 0 Å². The number of amides is 2. The van der Waals surface area contributed by atoms with Crippen LogP contribution in [-0.2, 0) is 10.2 Å². The number of benzene rings is 2. The minimum atomic E-state index is -0.336. The van der Waals surface area contributed by atoms with Crippen molar-refractivity contribution in [2.45, 2.75) is 24.7 Å². The van der Waals surface area contributed by atoms with Crippen LogP contribution in [0.4, 0.5) is 0 Å². The molecule has 0 unspecified atom stereocenters. The van der Waals surface area contributed by atoms with Gasteiger partial charge in [0.05, 0.1) is 20.8 Å². The van der Waals surface area contributed by atoms with Gasteiger partial charge >= 0.3 is 0 Å². The quantitative estimate of drug-likeness (QED) is 0.736. The van der Waals surface area contributed by atoms with Crippen LogP contribution in [0.3, 0.4) is 0 Å². The zero-order valence-corrected chi connectivity index (χ0v) is 16.3. The first-order valence-corrected chi connectivity index (χ1v) is 9.40. The van der Waals surface area contributed by atoms with Gasteiger partial charge in [0.1, 0.15) is 0 Å². The third-order valence-electron chi connectivity index (χ3n) is 5.38. The Labute approximate surface area is 165 Å². The molecule has 0 heterocycles. The second-order valence-electron chi connectivity index (χ2n) is 7.03. The minimum Gasteiger partial charge on any atom is -0.493 e. The monoisotopic (exact) mass is 382 g/mol. The Morgan fingerprint density at radius 2 is 1.68 bits per heavy atom. The molecule has 6 heteroatoms. The van der Waals surface area contributed by atoms with E-state index in [2.05, 4.69) is 22.8 Å². The van der Waals surface area contributed by atoms with Crippen LogP contribution in [0.5, 0.6) is 11.5 Å². The van der Waals surface area contributed by atoms with E-state index in [0.29, 0.717) is 23.6 Å². The van der Waals surface area contributed by atoms with Crippen molar-refractivity contribution in [3.05, 3.63) is 59.7 Å². The lowest BCUT2D eigenvalue weighted by Gasteiger charge is -2.42. The van der Waals surface area contributed by atoms with Gasteiger partial charge in [0.25, 0.3) is 5.91 Å². The van der Waals surface area contributed by atoms with E-state index in [1.807, 2.05) is 18.2 Å². The zero-order valence-electron chi connectivity index (χ0n) is 16.3. The maximum Gasteiger partial charge on any atom is 0.251 e. The Morgan fingerprint density at radius 1 is 0.964 bits per heavy atom. The van der Waals surface area contributed by atoms with Crippen LogP contribution >= 0.6 is 0 Å². The number of hydrogen-bond acceptors (Lipinski definition) is 4. The second kappa shape index (κ2) is 8.78. The SMILES string of the molecule is COc1ccc(C(=O)NCC(=O)NCC2(c3ccccc3)CCC2)cc1OC. The maximum atomic E-state index is 12.3. The number of carbonyl (C=O) groups excluding carboxylic acids is 2. The summed E-state index contributed by atoms with van der Waals surface area (Å²) in [4.78, 5) is 24.6. The first-order valence-electron chi connectivity index (χ1n) is 9.40. The van der Waals surface area contributed by atoms with Gasteiger partial charge in [-0.3, -0.25) is 9.59 Å². The highest BCUT2D eigenvalue weighted by molar-refractivity contribution is 5.97. The molecular formula is C22H26N2O4. The van der Waals surface area contributed by atoms with Crippen LogP contribution in [0.1, 0.15) is 35.2 Å². The van der Waals surface area contributed by atoms with Crippen LogP contribution in [-0.4, -0.2) is 39.1 Å². The molecule has 2 amide bonds. The number of methoxy groups -OCH3 is 2. The number of ether oxygens (including phenoxy) is 2. The summed E-state index contributed by atoms with van der Waals surface area (Å²) in [6.45, 7) is 0.514. The summed E-state index contributed by atoms with van der Waals surface area (Å²) in [5.74, 6) is 0.478. The molecule has 2 aromatic rings. The zero-order chi connectivity index (χ0) is 20.0. The topological polar surface area (TPSA) is 76.7 Å². The fraction of sp³-hybridized carbons (Fsp3) is 0.364. The molecule has 1 aliphatic rings. The molecular weight excluding hydrogens is 356 g/mol. The molecule has 0 bridgehead atoms. The van der Waals surface area contributed by atoms with Gasteiger partial charge in [0.2, 0.25) is 5.91 Å². The van der Waals surface area contributed by atoms with E-state index in [4.69, 9.17) is 9.47 Å². The summed E-state index contributed by atoms with van der Waals surface area (Å²) in [6, 6.07) is 15.2. The van der Waals surface area contributed by atoms with E-state index in [1.54, 1.807) is 18.2 Å². The summed E-state index contributed by atoms with van der Waals surface area (Å²) < 4.78 is 10.4. The highest BCUT2D eigenvalue weighted by Gasteiger charge is 2.38. The molecule has 0 saturated heterocycles. The second-order valence-corrected chi connectivity index (χ2v) is 7.03. The first-order chi connectivity index (χ1) is 13.6. The molecule has 1 fully saturated rings. The lowest BCUT2D eigenvalue weighted by Crippen LogP contribution is -2.47. The summed E-state index contributed by atoms with van der Waals surface area (Å²) in [6.07, 6.45) is 3.30. The standard InChI is InChI=1S/C22H26N2O4/c1-27-18-10-9-16(13-19(18)28-2)21(26)23-14-20(25)24-15-22(11-6-12-22)17-7-4-3-5-8-17/h3-5,7-10,13H,6,11-12,14-15H2,1-2H3,(H,23,26)(H,24,25). The van der Waals surface area contributed by atoms with E-state index in [-0.39, 0.29) is 23.8 Å². The molecule has 2 N–H and O–H groups in total. The van der Waals surface area contributed by atoms with Crippen molar-refractivity contribution < 1.29 is 19.1 Å². The van der Waals surface area contributed by atoms with Crippen LogP contribution in [0.2, 0.25) is 0 Å². The smallest absolute Gasteiger partial charge is 0.251 e. The average molecular weight is 382 g/mol. The molecule has 1 aliphatic carbocycles. The molecule has 0 atom stereocenters. The lowest BCUT2D eigenvalue weighted by atomic mass is 9.64. The minimum absolute atomic E-state index is 0.0181. The predicted molar refractivity (Wildman–Crippen MR) is 107 cm³/mol. The molecule has 2 aromatic carbocycles. The van der Waals surface area contributed by atoms with E-state index in [0.717, 1.165) is 12.8 Å². The maximum absolute atomic E-state index is 12.3. The van der Waals surface area contributed by atoms with E-state index >= 15 is 0 Å². The number of hydrogen-bond donors (Lipinski definition) is 2. The molecule has 148 valence electrons. The Balaban J connectivity index is 1.52. The van der Waals surface area contributed by atoms with Gasteiger partial charge in [-0.2, -0.15) is 0 Å². The van der Waals surface area contributed by atoms with Crippen molar-refractivity contribution in [1.82, 2.24) is 10.6 Å². The average Bonchev–Trinajstić information content (AvgIpc) is 2.71. The van der Waals surface area contributed by atoms with Crippen LogP contribution in [0.15, 0.2) is 48.5 Å². The van der Waals surface area contributed by atoms with Gasteiger partial charge in [0, 0.05) is 17.5 Å². The van der Waals surface area contributed by atoms with Gasteiger partial charge < -0.3 is 20.1 Å². The molecule has 0 aromatic heterocycles. The Kier molecular flexibility index (Phi) is 6.19. The third kappa shape index (κ3) is 4.27. The van der Waals surface area contributed by atoms with Crippen molar-refractivity contribution in [2.24, 2.45) is 0 Å². The summed E-state index contributed by atoms with van der Waals surface area (Å²) >= 11 is 0. The predicted octanol–water partition coefficient (Wildman–Crippen LogP) is 2.67. The Bertz CT molecular complexity index is 832. The third-order valence-corrected chi connectivity index (χ3v) is 5.38. The fourth-order valence-electron chi connectivity index (χ4n) is 3.53. The van der Waals surface area contributed by atoms with Crippen LogP contribution in [0, 0.1) is 0 Å². The molecule has 0 radical (unpaired) electrons. The first kappa shape index (κ1) is 19.7. The van der Waals surface area contributed by atoms with Gasteiger partial charge in [-0.05, 0) is 36.6 Å². The van der Waals surface area contributed by atoms with Crippen LogP contribution in [0.25, 0.3) is 0 Å². The lowest BCUT2D eigenvalue weighted by molar-refractivity contribution is -0.120. The molecule has 1 saturated carbocycles. The number of carbonyl (C=O) groups is 2. The number of rotatable bonds is 8. The van der Waals surface area contributed by atoms with Crippen molar-refractivity contribution in [3.8, 4) is 11.5 Å². The summed E-state index contributed by atoms with van der Waals surface area (Å²) in [7, 11) is 3.04. The van der Waals surface area contributed by atoms with Crippen molar-refractivity contribution in [3.63, 3.8) is 0 Å². The van der Waals surface area contributed by atoms with E-state index in [9.17, 15) is 9.59 Å².